The van der Waals surface area contributed by atoms with E-state index in [1.807, 2.05) is 0 Å². The smallest absolute Gasteiger partial charge is 0.294 e. The van der Waals surface area contributed by atoms with Crippen molar-refractivity contribution in [2.75, 3.05) is 0 Å². The number of benzene rings is 2. The van der Waals surface area contributed by atoms with Crippen LogP contribution in [-0.2, 0) is 10.1 Å². The highest BCUT2D eigenvalue weighted by molar-refractivity contribution is 7.85. The molecule has 0 radical (unpaired) electrons. The van der Waals surface area contributed by atoms with Crippen molar-refractivity contribution < 1.29 is 18.1 Å². The number of phenols is 1. The van der Waals surface area contributed by atoms with Crippen LogP contribution in [0.3, 0.4) is 0 Å². The maximum absolute atomic E-state index is 10.9. The number of fused-ring (bicyclic) bond motifs is 1. The van der Waals surface area contributed by atoms with Crippen LogP contribution in [0.4, 0.5) is 0 Å². The van der Waals surface area contributed by atoms with E-state index in [-0.39, 0.29) is 10.6 Å². The number of hydrogen-bond donors (Lipinski definition) is 2. The molecule has 0 aromatic heterocycles. The van der Waals surface area contributed by atoms with E-state index < -0.39 is 10.1 Å². The van der Waals surface area contributed by atoms with Crippen molar-refractivity contribution in [1.82, 2.24) is 0 Å². The van der Waals surface area contributed by atoms with Crippen LogP contribution in [0.1, 0.15) is 0 Å². The highest BCUT2D eigenvalue weighted by atomic mass is 32.2. The standard InChI is InChI=1S/C10H8O4S/c11-10-3-1-2-7-6-8(15(12,13)14)4-5-9(7)10/h1-6,11H,(H,12,13,14). The predicted octanol–water partition coefficient (Wildman–Crippen LogP) is 1.79. The number of aromatic hydroxyl groups is 1. The lowest BCUT2D eigenvalue weighted by Gasteiger charge is -2.02. The molecule has 0 saturated carbocycles. The Morgan fingerprint density at radius 3 is 2.47 bits per heavy atom. The molecule has 0 heterocycles. The highest BCUT2D eigenvalue weighted by Gasteiger charge is 2.10. The molecule has 0 spiro atoms. The molecule has 78 valence electrons. The molecule has 2 N–H and O–H groups in total. The predicted molar refractivity (Wildman–Crippen MR) is 55.4 cm³/mol. The summed E-state index contributed by atoms with van der Waals surface area (Å²) in [5.74, 6) is 0.0781. The second kappa shape index (κ2) is 3.22. The molecule has 0 aliphatic carbocycles. The van der Waals surface area contributed by atoms with E-state index in [2.05, 4.69) is 0 Å². The van der Waals surface area contributed by atoms with Gasteiger partial charge in [0, 0.05) is 5.39 Å². The normalized spacial score (nSPS) is 11.8. The fourth-order valence-electron chi connectivity index (χ4n) is 1.41. The summed E-state index contributed by atoms with van der Waals surface area (Å²) in [6.07, 6.45) is 0. The Hall–Kier alpha value is -1.59. The van der Waals surface area contributed by atoms with E-state index in [0.717, 1.165) is 0 Å². The van der Waals surface area contributed by atoms with Gasteiger partial charge in [-0.25, -0.2) is 0 Å². The van der Waals surface area contributed by atoms with E-state index in [9.17, 15) is 13.5 Å². The molecule has 0 fully saturated rings. The largest absolute Gasteiger partial charge is 0.507 e. The molecule has 0 saturated heterocycles. The summed E-state index contributed by atoms with van der Waals surface area (Å²) in [7, 11) is -4.19. The Bertz CT molecular complexity index is 616. The Balaban J connectivity index is 2.79. The van der Waals surface area contributed by atoms with Gasteiger partial charge in [0.1, 0.15) is 5.75 Å². The van der Waals surface area contributed by atoms with Crippen LogP contribution in [0.5, 0.6) is 5.75 Å². The summed E-state index contributed by atoms with van der Waals surface area (Å²) >= 11 is 0. The molecule has 0 amide bonds. The molecule has 0 bridgehead atoms. The minimum Gasteiger partial charge on any atom is -0.507 e. The van der Waals surface area contributed by atoms with Gasteiger partial charge in [0.2, 0.25) is 0 Å². The Labute approximate surface area is 86.5 Å². The molecule has 4 nitrogen and oxygen atoms in total. The molecule has 15 heavy (non-hydrogen) atoms. The first-order valence-electron chi connectivity index (χ1n) is 4.18. The zero-order valence-corrected chi connectivity index (χ0v) is 8.40. The Kier molecular flexibility index (Phi) is 2.13. The summed E-state index contributed by atoms with van der Waals surface area (Å²) in [6, 6.07) is 8.78. The first-order chi connectivity index (χ1) is 6.98. The van der Waals surface area contributed by atoms with E-state index in [4.69, 9.17) is 4.55 Å². The molecule has 2 rings (SSSR count). The fraction of sp³-hybridized carbons (Fsp3) is 0. The third-order valence-electron chi connectivity index (χ3n) is 2.13. The van der Waals surface area contributed by atoms with Gasteiger partial charge in [-0.15, -0.1) is 0 Å². The van der Waals surface area contributed by atoms with E-state index in [0.29, 0.717) is 10.8 Å². The zero-order valence-electron chi connectivity index (χ0n) is 7.58. The van der Waals surface area contributed by atoms with Crippen molar-refractivity contribution in [2.24, 2.45) is 0 Å². The van der Waals surface area contributed by atoms with Crippen LogP contribution in [0.2, 0.25) is 0 Å². The van der Waals surface area contributed by atoms with Gasteiger partial charge in [-0.1, -0.05) is 12.1 Å². The van der Waals surface area contributed by atoms with Crippen molar-refractivity contribution >= 4 is 20.9 Å². The maximum atomic E-state index is 10.9. The molecular formula is C10H8O4S. The summed E-state index contributed by atoms with van der Waals surface area (Å²) in [6.45, 7) is 0. The van der Waals surface area contributed by atoms with Crippen LogP contribution in [0.25, 0.3) is 10.8 Å². The molecular weight excluding hydrogens is 216 g/mol. The van der Waals surface area contributed by atoms with Gasteiger partial charge in [-0.2, -0.15) is 8.42 Å². The van der Waals surface area contributed by atoms with Gasteiger partial charge < -0.3 is 5.11 Å². The van der Waals surface area contributed by atoms with Gasteiger partial charge in [-0.05, 0) is 29.7 Å². The van der Waals surface area contributed by atoms with Crippen molar-refractivity contribution in [3.63, 3.8) is 0 Å². The van der Waals surface area contributed by atoms with Crippen molar-refractivity contribution in [3.05, 3.63) is 36.4 Å². The monoisotopic (exact) mass is 224 g/mol. The van der Waals surface area contributed by atoms with Gasteiger partial charge in [-0.3, -0.25) is 4.55 Å². The summed E-state index contributed by atoms with van der Waals surface area (Å²) in [5, 5.41) is 10.6. The Morgan fingerprint density at radius 1 is 1.07 bits per heavy atom. The lowest BCUT2D eigenvalue weighted by Crippen LogP contribution is -1.97. The van der Waals surface area contributed by atoms with Crippen LogP contribution >= 0.6 is 0 Å². The summed E-state index contributed by atoms with van der Waals surface area (Å²) in [4.78, 5) is -0.180. The second-order valence-electron chi connectivity index (χ2n) is 3.14. The lowest BCUT2D eigenvalue weighted by molar-refractivity contribution is 0.480. The van der Waals surface area contributed by atoms with Crippen molar-refractivity contribution in [1.29, 1.82) is 0 Å². The average molecular weight is 224 g/mol. The van der Waals surface area contributed by atoms with Gasteiger partial charge in [0.25, 0.3) is 10.1 Å². The van der Waals surface area contributed by atoms with Crippen LogP contribution in [0, 0.1) is 0 Å². The van der Waals surface area contributed by atoms with Gasteiger partial charge >= 0.3 is 0 Å². The second-order valence-corrected chi connectivity index (χ2v) is 4.56. The number of hydrogen-bond acceptors (Lipinski definition) is 3. The number of phenolic OH excluding ortho intramolecular Hbond substituents is 1. The Morgan fingerprint density at radius 2 is 1.80 bits per heavy atom. The topological polar surface area (TPSA) is 74.6 Å². The maximum Gasteiger partial charge on any atom is 0.294 e. The molecule has 0 aliphatic heterocycles. The molecule has 2 aromatic rings. The quantitative estimate of drug-likeness (QED) is 0.724. The number of rotatable bonds is 1. The third-order valence-corrected chi connectivity index (χ3v) is 2.98. The van der Waals surface area contributed by atoms with Gasteiger partial charge in [0.15, 0.2) is 0 Å². The highest BCUT2D eigenvalue weighted by Crippen LogP contribution is 2.26. The van der Waals surface area contributed by atoms with E-state index in [1.165, 1.54) is 24.3 Å². The first-order valence-corrected chi connectivity index (χ1v) is 5.62. The first kappa shape index (κ1) is 9.95. The van der Waals surface area contributed by atoms with Crippen LogP contribution in [-0.4, -0.2) is 18.1 Å². The molecule has 0 unspecified atom stereocenters. The minimum atomic E-state index is -4.19. The third kappa shape index (κ3) is 1.79. The van der Waals surface area contributed by atoms with Crippen LogP contribution < -0.4 is 0 Å². The van der Waals surface area contributed by atoms with E-state index in [1.54, 1.807) is 12.1 Å². The zero-order chi connectivity index (χ0) is 11.1. The summed E-state index contributed by atoms with van der Waals surface area (Å²) < 4.78 is 30.5. The van der Waals surface area contributed by atoms with Gasteiger partial charge in [0.05, 0.1) is 4.90 Å². The van der Waals surface area contributed by atoms with Crippen molar-refractivity contribution in [3.8, 4) is 5.75 Å². The molecule has 0 aliphatic rings. The summed E-state index contributed by atoms with van der Waals surface area (Å²) in [5.41, 5.74) is 0. The fourth-order valence-corrected chi connectivity index (χ4v) is 1.92. The molecule has 5 heteroatoms. The average Bonchev–Trinajstić information content (AvgIpc) is 2.16. The van der Waals surface area contributed by atoms with Crippen molar-refractivity contribution in [2.45, 2.75) is 4.90 Å². The molecule has 0 atom stereocenters. The lowest BCUT2D eigenvalue weighted by atomic mass is 10.1. The van der Waals surface area contributed by atoms with Crippen LogP contribution in [0.15, 0.2) is 41.3 Å². The molecule has 2 aromatic carbocycles. The van der Waals surface area contributed by atoms with E-state index >= 15 is 0 Å². The minimum absolute atomic E-state index is 0.0781. The SMILES string of the molecule is O=S(=O)(O)c1ccc2c(O)cccc2c1.